The van der Waals surface area contributed by atoms with Crippen LogP contribution in [0.15, 0.2) is 0 Å². The van der Waals surface area contributed by atoms with Gasteiger partial charge in [-0.3, -0.25) is 9.59 Å². The molecule has 0 radical (unpaired) electrons. The van der Waals surface area contributed by atoms with Gasteiger partial charge in [0.05, 0.1) is 6.61 Å². The predicted molar refractivity (Wildman–Crippen MR) is 117 cm³/mol. The van der Waals surface area contributed by atoms with E-state index in [0.717, 1.165) is 38.5 Å². The van der Waals surface area contributed by atoms with Crippen molar-refractivity contribution in [2.45, 2.75) is 130 Å². The molecule has 0 aromatic carbocycles. The molecule has 0 heterocycles. The second-order valence-electron chi connectivity index (χ2n) is 8.49. The maximum Gasteiger partial charge on any atom is 0.305 e. The summed E-state index contributed by atoms with van der Waals surface area (Å²) >= 11 is 0. The summed E-state index contributed by atoms with van der Waals surface area (Å²) in [5.74, 6) is -0.754. The third-order valence-corrected chi connectivity index (χ3v) is 5.74. The lowest BCUT2D eigenvalue weighted by atomic mass is 9.75. The van der Waals surface area contributed by atoms with Crippen molar-refractivity contribution in [1.29, 1.82) is 0 Å². The minimum absolute atomic E-state index is 0.0419. The van der Waals surface area contributed by atoms with Crippen LogP contribution in [0, 0.1) is 5.41 Å². The lowest BCUT2D eigenvalue weighted by Crippen LogP contribution is -2.29. The molecule has 0 amide bonds. The Morgan fingerprint density at radius 1 is 0.679 bits per heavy atom. The van der Waals surface area contributed by atoms with Gasteiger partial charge in [0, 0.05) is 18.3 Å². The highest BCUT2D eigenvalue weighted by molar-refractivity contribution is 5.69. The van der Waals surface area contributed by atoms with E-state index in [9.17, 15) is 9.59 Å². The van der Waals surface area contributed by atoms with Crippen LogP contribution in [-0.2, 0) is 14.3 Å². The molecule has 0 aromatic heterocycles. The summed E-state index contributed by atoms with van der Waals surface area (Å²) < 4.78 is 5.77. The van der Waals surface area contributed by atoms with E-state index in [1.807, 2.05) is 0 Å². The van der Waals surface area contributed by atoms with Gasteiger partial charge in [-0.25, -0.2) is 0 Å². The maximum absolute atomic E-state index is 12.2. The first kappa shape index (κ1) is 26.9. The van der Waals surface area contributed by atoms with Crippen molar-refractivity contribution in [3.8, 4) is 0 Å². The molecule has 0 saturated heterocycles. The topological polar surface area (TPSA) is 63.6 Å². The van der Waals surface area contributed by atoms with Crippen LogP contribution in [0.2, 0.25) is 0 Å². The van der Waals surface area contributed by atoms with Crippen molar-refractivity contribution in [2.75, 3.05) is 6.61 Å². The van der Waals surface area contributed by atoms with Crippen molar-refractivity contribution >= 4 is 11.9 Å². The van der Waals surface area contributed by atoms with E-state index >= 15 is 0 Å². The molecule has 0 aliphatic rings. The number of carboxylic acid groups (broad SMARTS) is 1. The molecular formula is C24H46O4. The van der Waals surface area contributed by atoms with Gasteiger partial charge in [0.2, 0.25) is 0 Å². The first-order valence-corrected chi connectivity index (χ1v) is 11.9. The molecule has 0 aromatic rings. The van der Waals surface area contributed by atoms with Gasteiger partial charge >= 0.3 is 11.9 Å². The Morgan fingerprint density at radius 3 is 1.54 bits per heavy atom. The second kappa shape index (κ2) is 18.0. The third-order valence-electron chi connectivity index (χ3n) is 5.74. The second-order valence-corrected chi connectivity index (χ2v) is 8.49. The molecule has 0 saturated carbocycles. The molecule has 166 valence electrons. The van der Waals surface area contributed by atoms with Crippen molar-refractivity contribution in [3.63, 3.8) is 0 Å². The van der Waals surface area contributed by atoms with Crippen LogP contribution in [0.5, 0.6) is 0 Å². The van der Waals surface area contributed by atoms with Gasteiger partial charge in [-0.1, -0.05) is 85.0 Å². The first-order chi connectivity index (χ1) is 13.5. The Morgan fingerprint density at radius 2 is 1.11 bits per heavy atom. The number of carbonyl (C=O) groups is 2. The van der Waals surface area contributed by atoms with Gasteiger partial charge in [-0.05, 0) is 32.1 Å². The van der Waals surface area contributed by atoms with Gasteiger partial charge in [0.15, 0.2) is 0 Å². The number of hydrogen-bond acceptors (Lipinski definition) is 3. The van der Waals surface area contributed by atoms with E-state index < -0.39 is 5.97 Å². The highest BCUT2D eigenvalue weighted by atomic mass is 16.5. The molecule has 0 rings (SSSR count). The van der Waals surface area contributed by atoms with Gasteiger partial charge in [-0.15, -0.1) is 0 Å². The number of ether oxygens (including phenoxy) is 1. The normalized spacial score (nSPS) is 11.5. The number of hydrogen-bond donors (Lipinski definition) is 1. The molecule has 0 unspecified atom stereocenters. The molecule has 4 heteroatoms. The number of rotatable bonds is 20. The van der Waals surface area contributed by atoms with E-state index in [1.165, 1.54) is 57.8 Å². The summed E-state index contributed by atoms with van der Waals surface area (Å²) in [6.07, 6.45) is 17.3. The molecule has 28 heavy (non-hydrogen) atoms. The van der Waals surface area contributed by atoms with Crippen molar-refractivity contribution < 1.29 is 19.4 Å². The number of esters is 1. The third kappa shape index (κ3) is 14.9. The minimum Gasteiger partial charge on any atom is -0.481 e. The monoisotopic (exact) mass is 398 g/mol. The quantitative estimate of drug-likeness (QED) is 0.173. The maximum atomic E-state index is 12.2. The summed E-state index contributed by atoms with van der Waals surface area (Å²) in [7, 11) is 0. The SMILES string of the molecule is CCCCC(CCCC)(CCCC)COC(=O)CCCCCCCCC(=O)O. The fourth-order valence-corrected chi connectivity index (χ4v) is 3.81. The zero-order chi connectivity index (χ0) is 21.1. The molecule has 0 spiro atoms. The Hall–Kier alpha value is -1.06. The van der Waals surface area contributed by atoms with E-state index in [0.29, 0.717) is 13.0 Å². The predicted octanol–water partition coefficient (Wildman–Crippen LogP) is 7.29. The van der Waals surface area contributed by atoms with Gasteiger partial charge in [0.1, 0.15) is 0 Å². The summed E-state index contributed by atoms with van der Waals surface area (Å²) in [5, 5.41) is 8.61. The fraction of sp³-hybridized carbons (Fsp3) is 0.917. The highest BCUT2D eigenvalue weighted by Crippen LogP contribution is 2.37. The standard InChI is InChI=1S/C24H46O4/c1-4-7-18-24(19-8-5-2,20-9-6-3)21-28-23(27)17-15-13-11-10-12-14-16-22(25)26/h4-21H2,1-3H3,(H,25,26). The van der Waals surface area contributed by atoms with Gasteiger partial charge < -0.3 is 9.84 Å². The van der Waals surface area contributed by atoms with Crippen LogP contribution >= 0.6 is 0 Å². The van der Waals surface area contributed by atoms with Crippen molar-refractivity contribution in [2.24, 2.45) is 5.41 Å². The molecule has 1 N–H and O–H groups in total. The molecule has 0 aliphatic heterocycles. The molecule has 0 atom stereocenters. The zero-order valence-electron chi connectivity index (χ0n) is 18.9. The first-order valence-electron chi connectivity index (χ1n) is 11.9. The van der Waals surface area contributed by atoms with Crippen LogP contribution in [-0.4, -0.2) is 23.7 Å². The number of unbranched alkanes of at least 4 members (excludes halogenated alkanes) is 8. The zero-order valence-corrected chi connectivity index (χ0v) is 18.9. The fourth-order valence-electron chi connectivity index (χ4n) is 3.81. The molecule has 0 fully saturated rings. The van der Waals surface area contributed by atoms with Crippen molar-refractivity contribution in [3.05, 3.63) is 0 Å². The number of aliphatic carboxylic acids is 1. The highest BCUT2D eigenvalue weighted by Gasteiger charge is 2.30. The van der Waals surface area contributed by atoms with Gasteiger partial charge in [0.25, 0.3) is 0 Å². The number of carboxylic acids is 1. The number of carbonyl (C=O) groups excluding carboxylic acids is 1. The van der Waals surface area contributed by atoms with Crippen LogP contribution in [0.3, 0.4) is 0 Å². The van der Waals surface area contributed by atoms with Crippen LogP contribution < -0.4 is 0 Å². The van der Waals surface area contributed by atoms with Crippen LogP contribution in [0.4, 0.5) is 0 Å². The average Bonchev–Trinajstić information content (AvgIpc) is 2.68. The smallest absolute Gasteiger partial charge is 0.305 e. The van der Waals surface area contributed by atoms with E-state index in [1.54, 1.807) is 0 Å². The minimum atomic E-state index is -0.712. The lowest BCUT2D eigenvalue weighted by Gasteiger charge is -2.34. The molecule has 0 aliphatic carbocycles. The molecular weight excluding hydrogens is 352 g/mol. The van der Waals surface area contributed by atoms with Crippen LogP contribution in [0.25, 0.3) is 0 Å². The summed E-state index contributed by atoms with van der Waals surface area (Å²) in [6, 6.07) is 0. The van der Waals surface area contributed by atoms with Gasteiger partial charge in [-0.2, -0.15) is 0 Å². The van der Waals surface area contributed by atoms with E-state index in [-0.39, 0.29) is 17.8 Å². The summed E-state index contributed by atoms with van der Waals surface area (Å²) in [5.41, 5.74) is 0.182. The Labute approximate surface area is 173 Å². The summed E-state index contributed by atoms with van der Waals surface area (Å²) in [6.45, 7) is 7.30. The van der Waals surface area contributed by atoms with Crippen molar-refractivity contribution in [1.82, 2.24) is 0 Å². The molecule has 4 nitrogen and oxygen atoms in total. The van der Waals surface area contributed by atoms with Crippen LogP contribution in [0.1, 0.15) is 130 Å². The van der Waals surface area contributed by atoms with E-state index in [2.05, 4.69) is 20.8 Å². The van der Waals surface area contributed by atoms with E-state index in [4.69, 9.17) is 9.84 Å². The lowest BCUT2D eigenvalue weighted by molar-refractivity contribution is -0.148. The largest absolute Gasteiger partial charge is 0.481 e. The summed E-state index contributed by atoms with van der Waals surface area (Å²) in [4.78, 5) is 22.7. The average molecular weight is 399 g/mol. The Kier molecular flexibility index (Phi) is 17.3. The Bertz CT molecular complexity index is 370. The Balaban J connectivity index is 4.17. The molecule has 0 bridgehead atoms.